The zero-order valence-corrected chi connectivity index (χ0v) is 7.29. The molecule has 0 amide bonds. The average molecular weight is 202 g/mol. The summed E-state index contributed by atoms with van der Waals surface area (Å²) in [6.07, 6.45) is 4.40. The summed E-state index contributed by atoms with van der Waals surface area (Å²) in [6, 6.07) is 0. The maximum atomic E-state index is 10.5. The van der Waals surface area contributed by atoms with Gasteiger partial charge < -0.3 is 9.47 Å². The number of carbonyl (C=O) groups excluding carboxylic acids is 1. The maximum absolute atomic E-state index is 10.5. The molecule has 3 unspecified atom stereocenters. The van der Waals surface area contributed by atoms with Crippen LogP contribution in [0.15, 0.2) is 0 Å². The number of rotatable bonds is 2. The fraction of sp³-hybridized carbons (Fsp3) is 0.909. The lowest BCUT2D eigenvalue weighted by atomic mass is 9.90. The number of esters is 1. The molecule has 2 fully saturated rings. The van der Waals surface area contributed by atoms with E-state index in [1.165, 1.54) is 6.92 Å². The minimum Gasteiger partial charge on any atom is -0.466 e. The predicted molar refractivity (Wildman–Crippen MR) is 56.1 cm³/mol. The molecule has 1 heterocycles. The Morgan fingerprint density at radius 1 is 1.36 bits per heavy atom. The van der Waals surface area contributed by atoms with Crippen LogP contribution >= 0.6 is 0 Å². The van der Waals surface area contributed by atoms with Crippen LogP contribution in [-0.4, -0.2) is 24.8 Å². The summed E-state index contributed by atoms with van der Waals surface area (Å²) < 4.78 is 10.3. The molecule has 2 rings (SSSR count). The van der Waals surface area contributed by atoms with Crippen LogP contribution in [0.5, 0.6) is 0 Å². The van der Waals surface area contributed by atoms with Gasteiger partial charge in [0, 0.05) is 6.92 Å². The Morgan fingerprint density at radius 3 is 2.64 bits per heavy atom. The van der Waals surface area contributed by atoms with Crippen LogP contribution < -0.4 is 0 Å². The van der Waals surface area contributed by atoms with Crippen LogP contribution in [0.3, 0.4) is 0 Å². The van der Waals surface area contributed by atoms with E-state index < -0.39 is 0 Å². The molecule has 1 saturated carbocycles. The van der Waals surface area contributed by atoms with Crippen LogP contribution in [0.2, 0.25) is 0 Å². The Bertz CT molecular complexity index is 191. The van der Waals surface area contributed by atoms with Gasteiger partial charge in [-0.1, -0.05) is 14.9 Å². The van der Waals surface area contributed by atoms with Gasteiger partial charge in [-0.05, 0) is 25.2 Å². The van der Waals surface area contributed by atoms with E-state index in [1.807, 2.05) is 0 Å². The molecule has 1 aliphatic carbocycles. The molecule has 0 radical (unpaired) electrons. The molecular formula is C11H22O3. The van der Waals surface area contributed by atoms with E-state index in [4.69, 9.17) is 9.47 Å². The lowest BCUT2D eigenvalue weighted by molar-refractivity contribution is -0.142. The third-order valence-corrected chi connectivity index (χ3v) is 2.64. The Kier molecular flexibility index (Phi) is 5.13. The van der Waals surface area contributed by atoms with E-state index in [1.54, 1.807) is 0 Å². The highest BCUT2D eigenvalue weighted by molar-refractivity contribution is 5.65. The highest BCUT2D eigenvalue weighted by Crippen LogP contribution is 2.39. The zero-order valence-electron chi connectivity index (χ0n) is 7.29. The van der Waals surface area contributed by atoms with Gasteiger partial charge in [-0.3, -0.25) is 4.79 Å². The Hall–Kier alpha value is -0.570. The minimum atomic E-state index is -0.172. The largest absolute Gasteiger partial charge is 0.466 e. The zero-order chi connectivity index (χ0) is 8.55. The summed E-state index contributed by atoms with van der Waals surface area (Å²) in [6.45, 7) is 2.04. The van der Waals surface area contributed by atoms with Gasteiger partial charge in [-0.2, -0.15) is 0 Å². The van der Waals surface area contributed by atoms with Crippen LogP contribution in [-0.2, 0) is 14.3 Å². The van der Waals surface area contributed by atoms with Crippen molar-refractivity contribution in [3.05, 3.63) is 0 Å². The topological polar surface area (TPSA) is 38.8 Å². The van der Waals surface area contributed by atoms with Crippen molar-refractivity contribution >= 4 is 5.97 Å². The van der Waals surface area contributed by atoms with Gasteiger partial charge >= 0.3 is 5.97 Å². The second kappa shape index (κ2) is 5.35. The number of epoxide rings is 1. The number of ether oxygens (including phenoxy) is 2. The summed E-state index contributed by atoms with van der Waals surface area (Å²) in [5.74, 6) is 0.367. The van der Waals surface area contributed by atoms with Crippen LogP contribution in [0.25, 0.3) is 0 Å². The van der Waals surface area contributed by atoms with Gasteiger partial charge in [-0.15, -0.1) is 0 Å². The Labute approximate surface area is 86.8 Å². The van der Waals surface area contributed by atoms with Crippen molar-refractivity contribution in [3.8, 4) is 0 Å². The van der Waals surface area contributed by atoms with Crippen molar-refractivity contribution < 1.29 is 14.3 Å². The molecule has 84 valence electrons. The average Bonchev–Trinajstić information content (AvgIpc) is 2.78. The molecule has 3 heteroatoms. The van der Waals surface area contributed by atoms with Crippen LogP contribution in [0.1, 0.15) is 41.0 Å². The highest BCUT2D eigenvalue weighted by Gasteiger charge is 2.43. The molecule has 2 aliphatic rings. The number of hydrogen-bond acceptors (Lipinski definition) is 3. The van der Waals surface area contributed by atoms with Gasteiger partial charge in [0.15, 0.2) is 0 Å². The van der Waals surface area contributed by atoms with E-state index in [2.05, 4.69) is 0 Å². The lowest BCUT2D eigenvalue weighted by Gasteiger charge is -2.17. The second-order valence-corrected chi connectivity index (χ2v) is 3.69. The fourth-order valence-electron chi connectivity index (χ4n) is 1.87. The molecule has 0 aromatic carbocycles. The summed E-state index contributed by atoms with van der Waals surface area (Å²) in [7, 11) is 0. The van der Waals surface area contributed by atoms with Gasteiger partial charge in [0.2, 0.25) is 0 Å². The van der Waals surface area contributed by atoms with Crippen molar-refractivity contribution in [2.75, 3.05) is 6.61 Å². The number of carbonyl (C=O) groups is 1. The molecule has 0 aromatic heterocycles. The SMILES string of the molecule is C.C.CC(=O)OCC1CCC2OC2C1. The first-order chi connectivity index (χ1) is 5.75. The number of hydrogen-bond donors (Lipinski definition) is 0. The summed E-state index contributed by atoms with van der Waals surface area (Å²) in [5, 5.41) is 0. The smallest absolute Gasteiger partial charge is 0.302 e. The minimum absolute atomic E-state index is 0. The first-order valence-electron chi connectivity index (χ1n) is 4.54. The molecule has 0 aromatic rings. The third kappa shape index (κ3) is 3.29. The molecule has 14 heavy (non-hydrogen) atoms. The fourth-order valence-corrected chi connectivity index (χ4v) is 1.87. The molecule has 0 spiro atoms. The Balaban J connectivity index is 0.000000845. The van der Waals surface area contributed by atoms with Crippen molar-refractivity contribution in [1.29, 1.82) is 0 Å². The maximum Gasteiger partial charge on any atom is 0.302 e. The van der Waals surface area contributed by atoms with Gasteiger partial charge in [-0.25, -0.2) is 0 Å². The van der Waals surface area contributed by atoms with E-state index in [9.17, 15) is 4.79 Å². The van der Waals surface area contributed by atoms with Crippen molar-refractivity contribution in [3.63, 3.8) is 0 Å². The van der Waals surface area contributed by atoms with Gasteiger partial charge in [0.1, 0.15) is 0 Å². The monoisotopic (exact) mass is 202 g/mol. The lowest BCUT2D eigenvalue weighted by Crippen LogP contribution is -2.19. The first kappa shape index (κ1) is 13.4. The van der Waals surface area contributed by atoms with Crippen molar-refractivity contribution in [2.24, 2.45) is 5.92 Å². The molecule has 3 nitrogen and oxygen atoms in total. The highest BCUT2D eigenvalue weighted by atomic mass is 16.6. The van der Waals surface area contributed by atoms with Crippen LogP contribution in [0, 0.1) is 5.92 Å². The number of fused-ring (bicyclic) bond motifs is 1. The summed E-state index contributed by atoms with van der Waals surface area (Å²) in [5.41, 5.74) is 0. The van der Waals surface area contributed by atoms with Crippen molar-refractivity contribution in [2.45, 2.75) is 53.2 Å². The molecule has 1 saturated heterocycles. The normalized spacial score (nSPS) is 33.1. The molecule has 3 atom stereocenters. The van der Waals surface area contributed by atoms with E-state index in [0.717, 1.165) is 19.3 Å². The molecule has 0 bridgehead atoms. The van der Waals surface area contributed by atoms with Gasteiger partial charge in [0.25, 0.3) is 0 Å². The van der Waals surface area contributed by atoms with E-state index in [-0.39, 0.29) is 20.8 Å². The standard InChI is InChI=1S/C9H14O3.2CH4/c1-6(10)11-5-7-2-3-8-9(4-7)12-8;;/h7-9H,2-5H2,1H3;2*1H4. The van der Waals surface area contributed by atoms with Crippen LogP contribution in [0.4, 0.5) is 0 Å². The molecule has 0 N–H and O–H groups in total. The van der Waals surface area contributed by atoms with Gasteiger partial charge in [0.05, 0.1) is 18.8 Å². The third-order valence-electron chi connectivity index (χ3n) is 2.64. The molecular weight excluding hydrogens is 180 g/mol. The first-order valence-corrected chi connectivity index (χ1v) is 4.54. The predicted octanol–water partition coefficient (Wildman–Crippen LogP) is 2.39. The quantitative estimate of drug-likeness (QED) is 0.510. The van der Waals surface area contributed by atoms with Crippen molar-refractivity contribution in [1.82, 2.24) is 0 Å². The second-order valence-electron chi connectivity index (χ2n) is 3.69. The van der Waals surface area contributed by atoms with E-state index >= 15 is 0 Å². The Morgan fingerprint density at radius 2 is 2.07 bits per heavy atom. The molecule has 1 aliphatic heterocycles. The summed E-state index contributed by atoms with van der Waals surface area (Å²) >= 11 is 0. The van der Waals surface area contributed by atoms with E-state index in [0.29, 0.717) is 24.7 Å². The summed E-state index contributed by atoms with van der Waals surface area (Å²) in [4.78, 5) is 10.5.